The molecule has 0 N–H and O–H groups in total. The summed E-state index contributed by atoms with van der Waals surface area (Å²) in [7, 11) is 1.95. The largest absolute Gasteiger partial charge is 0.462 e. The lowest BCUT2D eigenvalue weighted by molar-refractivity contribution is 0.0526. The van der Waals surface area contributed by atoms with E-state index in [0.29, 0.717) is 12.2 Å². The first kappa shape index (κ1) is 13.0. The SMILES string of the molecule is CCOC(=O)c1ccc(C#Cc2cccn2C)cc1. The van der Waals surface area contributed by atoms with Crippen molar-refractivity contribution < 1.29 is 9.53 Å². The lowest BCUT2D eigenvalue weighted by Crippen LogP contribution is -2.04. The van der Waals surface area contributed by atoms with E-state index < -0.39 is 0 Å². The highest BCUT2D eigenvalue weighted by Crippen LogP contribution is 2.05. The summed E-state index contributed by atoms with van der Waals surface area (Å²) in [5.41, 5.74) is 2.37. The van der Waals surface area contributed by atoms with Crippen LogP contribution in [0.2, 0.25) is 0 Å². The van der Waals surface area contributed by atoms with Gasteiger partial charge in [-0.05, 0) is 49.2 Å². The summed E-state index contributed by atoms with van der Waals surface area (Å²) in [6.45, 7) is 2.17. The highest BCUT2D eigenvalue weighted by Gasteiger charge is 2.04. The first-order valence-corrected chi connectivity index (χ1v) is 6.11. The van der Waals surface area contributed by atoms with E-state index in [9.17, 15) is 4.79 Å². The van der Waals surface area contributed by atoms with Crippen LogP contribution >= 0.6 is 0 Å². The molecule has 0 saturated heterocycles. The number of hydrogen-bond acceptors (Lipinski definition) is 2. The van der Waals surface area contributed by atoms with Gasteiger partial charge in [0.2, 0.25) is 0 Å². The van der Waals surface area contributed by atoms with E-state index in [2.05, 4.69) is 11.8 Å². The molecule has 0 aliphatic rings. The maximum atomic E-state index is 11.5. The van der Waals surface area contributed by atoms with Crippen molar-refractivity contribution in [2.45, 2.75) is 6.92 Å². The third-order valence-corrected chi connectivity index (χ3v) is 2.67. The second-order valence-corrected chi connectivity index (χ2v) is 4.05. The van der Waals surface area contributed by atoms with Gasteiger partial charge in [-0.2, -0.15) is 0 Å². The summed E-state index contributed by atoms with van der Waals surface area (Å²) in [5.74, 6) is 5.84. The Morgan fingerprint density at radius 2 is 1.95 bits per heavy atom. The monoisotopic (exact) mass is 253 g/mol. The number of hydrogen-bond donors (Lipinski definition) is 0. The Morgan fingerprint density at radius 3 is 2.53 bits per heavy atom. The molecule has 0 amide bonds. The number of aryl methyl sites for hydroxylation is 1. The van der Waals surface area contributed by atoms with Gasteiger partial charge in [0.25, 0.3) is 0 Å². The van der Waals surface area contributed by atoms with Gasteiger partial charge in [-0.25, -0.2) is 4.79 Å². The van der Waals surface area contributed by atoms with Crippen molar-refractivity contribution in [2.24, 2.45) is 7.05 Å². The molecule has 19 heavy (non-hydrogen) atoms. The molecule has 2 rings (SSSR count). The van der Waals surface area contributed by atoms with Crippen molar-refractivity contribution >= 4 is 5.97 Å². The van der Waals surface area contributed by atoms with Crippen LogP contribution in [0.25, 0.3) is 0 Å². The maximum absolute atomic E-state index is 11.5. The fourth-order valence-corrected chi connectivity index (χ4v) is 1.63. The predicted molar refractivity (Wildman–Crippen MR) is 73.8 cm³/mol. The van der Waals surface area contributed by atoms with Gasteiger partial charge in [0.05, 0.1) is 17.9 Å². The third kappa shape index (κ3) is 3.26. The van der Waals surface area contributed by atoms with Gasteiger partial charge in [-0.3, -0.25) is 0 Å². The van der Waals surface area contributed by atoms with Crippen LogP contribution in [0.15, 0.2) is 42.6 Å². The predicted octanol–water partition coefficient (Wildman–Crippen LogP) is 2.60. The Kier molecular flexibility index (Phi) is 4.04. The number of rotatable bonds is 2. The van der Waals surface area contributed by atoms with Gasteiger partial charge in [0.1, 0.15) is 0 Å². The molecule has 2 aromatic rings. The number of ether oxygens (including phenoxy) is 1. The number of carbonyl (C=O) groups is 1. The Labute approximate surface area is 112 Å². The smallest absolute Gasteiger partial charge is 0.338 e. The molecule has 1 aromatic carbocycles. The summed E-state index contributed by atoms with van der Waals surface area (Å²) in [6, 6.07) is 11.0. The minimum Gasteiger partial charge on any atom is -0.462 e. The first-order valence-electron chi connectivity index (χ1n) is 6.11. The van der Waals surface area contributed by atoms with Crippen molar-refractivity contribution in [1.29, 1.82) is 0 Å². The highest BCUT2D eigenvalue weighted by atomic mass is 16.5. The van der Waals surface area contributed by atoms with Crippen LogP contribution < -0.4 is 0 Å². The molecule has 0 saturated carbocycles. The molecule has 0 bridgehead atoms. The normalized spacial score (nSPS) is 9.58. The standard InChI is InChI=1S/C16H15NO2/c1-3-19-16(18)14-9-6-13(7-10-14)8-11-15-5-4-12-17(15)2/h4-7,9-10,12H,3H2,1-2H3. The Balaban J connectivity index is 2.14. The van der Waals surface area contributed by atoms with Gasteiger partial charge < -0.3 is 9.30 Å². The molecule has 96 valence electrons. The van der Waals surface area contributed by atoms with Gasteiger partial charge in [-0.15, -0.1) is 0 Å². The maximum Gasteiger partial charge on any atom is 0.338 e. The number of carbonyl (C=O) groups excluding carboxylic acids is 1. The highest BCUT2D eigenvalue weighted by molar-refractivity contribution is 5.89. The quantitative estimate of drug-likeness (QED) is 0.608. The molecular formula is C16H15NO2. The molecule has 0 aliphatic heterocycles. The fourth-order valence-electron chi connectivity index (χ4n) is 1.63. The average Bonchev–Trinajstić information content (AvgIpc) is 2.83. The summed E-state index contributed by atoms with van der Waals surface area (Å²) in [6.07, 6.45) is 1.95. The summed E-state index contributed by atoms with van der Waals surface area (Å²) >= 11 is 0. The minimum atomic E-state index is -0.301. The number of esters is 1. The second-order valence-electron chi connectivity index (χ2n) is 4.05. The van der Waals surface area contributed by atoms with Crippen LogP contribution in [0, 0.1) is 11.8 Å². The molecule has 3 nitrogen and oxygen atoms in total. The molecule has 0 aliphatic carbocycles. The second kappa shape index (κ2) is 5.92. The Bertz CT molecular complexity index is 627. The van der Waals surface area contributed by atoms with Crippen molar-refractivity contribution in [2.75, 3.05) is 6.61 Å². The van der Waals surface area contributed by atoms with Gasteiger partial charge in [0, 0.05) is 18.8 Å². The molecule has 0 radical (unpaired) electrons. The summed E-state index contributed by atoms with van der Waals surface area (Å²) in [4.78, 5) is 11.5. The van der Waals surface area contributed by atoms with E-state index in [1.807, 2.05) is 42.1 Å². The van der Waals surface area contributed by atoms with Crippen LogP contribution in [0.3, 0.4) is 0 Å². The van der Waals surface area contributed by atoms with Crippen LogP contribution in [0.1, 0.15) is 28.5 Å². The third-order valence-electron chi connectivity index (χ3n) is 2.67. The molecule has 1 heterocycles. The lowest BCUT2D eigenvalue weighted by atomic mass is 10.1. The average molecular weight is 253 g/mol. The summed E-state index contributed by atoms with van der Waals surface area (Å²) < 4.78 is 6.88. The minimum absolute atomic E-state index is 0.301. The Hall–Kier alpha value is -2.47. The van der Waals surface area contributed by atoms with E-state index >= 15 is 0 Å². The zero-order valence-corrected chi connectivity index (χ0v) is 11.0. The van der Waals surface area contributed by atoms with Gasteiger partial charge in [-0.1, -0.05) is 5.92 Å². The van der Waals surface area contributed by atoms with Crippen molar-refractivity contribution in [3.8, 4) is 11.8 Å². The lowest BCUT2D eigenvalue weighted by Gasteiger charge is -2.00. The van der Waals surface area contributed by atoms with Crippen molar-refractivity contribution in [1.82, 2.24) is 4.57 Å². The number of nitrogens with zero attached hydrogens (tertiary/aromatic N) is 1. The van der Waals surface area contributed by atoms with E-state index in [-0.39, 0.29) is 5.97 Å². The van der Waals surface area contributed by atoms with E-state index in [0.717, 1.165) is 11.3 Å². The molecule has 1 aromatic heterocycles. The van der Waals surface area contributed by atoms with E-state index in [1.165, 1.54) is 0 Å². The molecular weight excluding hydrogens is 238 g/mol. The van der Waals surface area contributed by atoms with Crippen LogP contribution in [0.5, 0.6) is 0 Å². The van der Waals surface area contributed by atoms with Crippen LogP contribution in [-0.4, -0.2) is 17.1 Å². The fraction of sp³-hybridized carbons (Fsp3) is 0.188. The van der Waals surface area contributed by atoms with Gasteiger partial charge in [0.15, 0.2) is 0 Å². The number of aromatic nitrogens is 1. The molecule has 0 unspecified atom stereocenters. The number of benzene rings is 1. The Morgan fingerprint density at radius 1 is 1.21 bits per heavy atom. The zero-order chi connectivity index (χ0) is 13.7. The van der Waals surface area contributed by atoms with Crippen molar-refractivity contribution in [3.05, 3.63) is 59.4 Å². The molecule has 3 heteroatoms. The van der Waals surface area contributed by atoms with E-state index in [4.69, 9.17) is 4.74 Å². The molecule has 0 spiro atoms. The van der Waals surface area contributed by atoms with Crippen molar-refractivity contribution in [3.63, 3.8) is 0 Å². The van der Waals surface area contributed by atoms with Crippen LogP contribution in [0.4, 0.5) is 0 Å². The zero-order valence-electron chi connectivity index (χ0n) is 11.0. The first-order chi connectivity index (χ1) is 9.20. The van der Waals surface area contributed by atoms with Crippen LogP contribution in [-0.2, 0) is 11.8 Å². The van der Waals surface area contributed by atoms with E-state index in [1.54, 1.807) is 19.1 Å². The molecule has 0 atom stereocenters. The topological polar surface area (TPSA) is 31.2 Å². The van der Waals surface area contributed by atoms with Gasteiger partial charge >= 0.3 is 5.97 Å². The molecule has 0 fully saturated rings. The summed E-state index contributed by atoms with van der Waals surface area (Å²) in [5, 5.41) is 0.